The highest BCUT2D eigenvalue weighted by Crippen LogP contribution is 2.12. The zero-order chi connectivity index (χ0) is 16.2. The van der Waals surface area contributed by atoms with Gasteiger partial charge in [-0.3, -0.25) is 9.59 Å². The van der Waals surface area contributed by atoms with Gasteiger partial charge in [-0.05, 0) is 35.9 Å². The number of rotatable bonds is 4. The van der Waals surface area contributed by atoms with Crippen molar-refractivity contribution in [3.8, 4) is 0 Å². The lowest BCUT2D eigenvalue weighted by Crippen LogP contribution is -2.22. The van der Waals surface area contributed by atoms with Gasteiger partial charge < -0.3 is 10.6 Å². The molecule has 3 rings (SSSR count). The van der Waals surface area contributed by atoms with Gasteiger partial charge in [-0.25, -0.2) is 0 Å². The maximum atomic E-state index is 12.2. The molecular formula is C16H15N5O2. The number of nitrogens with one attached hydrogen (secondary N) is 3. The minimum absolute atomic E-state index is 0.116. The third-order valence-electron chi connectivity index (χ3n) is 3.31. The summed E-state index contributed by atoms with van der Waals surface area (Å²) in [6.45, 7) is 1.86. The quantitative estimate of drug-likeness (QED) is 0.684. The molecule has 0 spiro atoms. The molecule has 0 saturated heterocycles. The summed E-state index contributed by atoms with van der Waals surface area (Å²) in [7, 11) is 0. The summed E-state index contributed by atoms with van der Waals surface area (Å²) in [5.74, 6) is -0.296. The molecule has 0 radical (unpaired) electrons. The molecule has 2 aromatic carbocycles. The number of anilines is 1. The number of hydrogen-bond donors (Lipinski definition) is 3. The maximum absolute atomic E-state index is 12.2. The molecule has 3 N–H and O–H groups in total. The average molecular weight is 309 g/mol. The minimum Gasteiger partial charge on any atom is -0.348 e. The SMILES string of the molecule is CC(=O)Nc1ccc(CNC(=O)c2ccc3n[nH]nc3c2)cc1. The van der Waals surface area contributed by atoms with E-state index in [0.29, 0.717) is 17.6 Å². The van der Waals surface area contributed by atoms with Gasteiger partial charge >= 0.3 is 0 Å². The Labute approximate surface area is 132 Å². The van der Waals surface area contributed by atoms with Gasteiger partial charge in [0.25, 0.3) is 5.91 Å². The highest BCUT2D eigenvalue weighted by atomic mass is 16.2. The molecule has 0 atom stereocenters. The lowest BCUT2D eigenvalue weighted by Gasteiger charge is -2.07. The molecule has 116 valence electrons. The zero-order valence-corrected chi connectivity index (χ0v) is 12.5. The number of aromatic amines is 1. The molecule has 7 nitrogen and oxygen atoms in total. The van der Waals surface area contributed by atoms with Crippen molar-refractivity contribution in [3.05, 3.63) is 53.6 Å². The fraction of sp³-hybridized carbons (Fsp3) is 0.125. The van der Waals surface area contributed by atoms with Gasteiger partial charge in [0.05, 0.1) is 0 Å². The van der Waals surface area contributed by atoms with Crippen LogP contribution in [0.5, 0.6) is 0 Å². The fourth-order valence-corrected chi connectivity index (χ4v) is 2.18. The van der Waals surface area contributed by atoms with E-state index in [2.05, 4.69) is 26.0 Å². The van der Waals surface area contributed by atoms with Crippen LogP contribution in [0.4, 0.5) is 5.69 Å². The van der Waals surface area contributed by atoms with E-state index in [4.69, 9.17) is 0 Å². The number of hydrogen-bond acceptors (Lipinski definition) is 4. The van der Waals surface area contributed by atoms with Crippen LogP contribution in [0.3, 0.4) is 0 Å². The van der Waals surface area contributed by atoms with Crippen molar-refractivity contribution < 1.29 is 9.59 Å². The Morgan fingerprint density at radius 1 is 1.04 bits per heavy atom. The Hall–Kier alpha value is -3.22. The van der Waals surface area contributed by atoms with Crippen LogP contribution in [0.1, 0.15) is 22.8 Å². The third kappa shape index (κ3) is 3.52. The van der Waals surface area contributed by atoms with Gasteiger partial charge in [-0.2, -0.15) is 15.4 Å². The maximum Gasteiger partial charge on any atom is 0.251 e. The van der Waals surface area contributed by atoms with Gasteiger partial charge in [0.1, 0.15) is 11.0 Å². The normalized spacial score (nSPS) is 10.5. The van der Waals surface area contributed by atoms with E-state index in [9.17, 15) is 9.59 Å². The summed E-state index contributed by atoms with van der Waals surface area (Å²) < 4.78 is 0. The molecule has 0 unspecified atom stereocenters. The van der Waals surface area contributed by atoms with Crippen molar-refractivity contribution in [2.75, 3.05) is 5.32 Å². The predicted molar refractivity (Wildman–Crippen MR) is 85.8 cm³/mol. The molecular weight excluding hydrogens is 294 g/mol. The second kappa shape index (κ2) is 6.27. The standard InChI is InChI=1S/C16H15N5O2/c1-10(22)18-13-5-2-11(3-6-13)9-17-16(23)12-4-7-14-15(8-12)20-21-19-14/h2-8H,9H2,1H3,(H,17,23)(H,18,22)(H,19,20,21). The number of fused-ring (bicyclic) bond motifs is 1. The van der Waals surface area contributed by atoms with Crippen LogP contribution in [0.15, 0.2) is 42.5 Å². The molecule has 7 heteroatoms. The molecule has 2 amide bonds. The molecule has 23 heavy (non-hydrogen) atoms. The molecule has 1 heterocycles. The second-order valence-corrected chi connectivity index (χ2v) is 5.09. The van der Waals surface area contributed by atoms with Crippen LogP contribution in [-0.4, -0.2) is 27.2 Å². The summed E-state index contributed by atoms with van der Waals surface area (Å²) in [4.78, 5) is 23.1. The lowest BCUT2D eigenvalue weighted by atomic mass is 10.1. The molecule has 0 aliphatic rings. The van der Waals surface area contributed by atoms with E-state index in [1.165, 1.54) is 6.92 Å². The van der Waals surface area contributed by atoms with Crippen molar-refractivity contribution in [1.82, 2.24) is 20.7 Å². The van der Waals surface area contributed by atoms with E-state index in [1.54, 1.807) is 30.3 Å². The highest BCUT2D eigenvalue weighted by Gasteiger charge is 2.08. The number of H-pyrrole nitrogens is 1. The Kier molecular flexibility index (Phi) is 4.01. The number of aromatic nitrogens is 3. The van der Waals surface area contributed by atoms with E-state index in [-0.39, 0.29) is 11.8 Å². The van der Waals surface area contributed by atoms with E-state index >= 15 is 0 Å². The van der Waals surface area contributed by atoms with E-state index < -0.39 is 0 Å². The summed E-state index contributed by atoms with van der Waals surface area (Å²) in [5.41, 5.74) is 3.56. The van der Waals surface area contributed by atoms with Crippen LogP contribution in [0.25, 0.3) is 11.0 Å². The molecule has 0 aliphatic heterocycles. The van der Waals surface area contributed by atoms with Crippen molar-refractivity contribution in [3.63, 3.8) is 0 Å². The first-order valence-corrected chi connectivity index (χ1v) is 7.07. The van der Waals surface area contributed by atoms with Gasteiger partial charge in [-0.15, -0.1) is 0 Å². The van der Waals surface area contributed by atoms with Crippen molar-refractivity contribution in [2.45, 2.75) is 13.5 Å². The smallest absolute Gasteiger partial charge is 0.251 e. The Bertz CT molecular complexity index is 854. The van der Waals surface area contributed by atoms with Gasteiger partial charge in [0.15, 0.2) is 0 Å². The van der Waals surface area contributed by atoms with Crippen molar-refractivity contribution >= 4 is 28.5 Å². The number of amides is 2. The fourth-order valence-electron chi connectivity index (χ4n) is 2.18. The summed E-state index contributed by atoms with van der Waals surface area (Å²) >= 11 is 0. The number of carbonyl (C=O) groups excluding carboxylic acids is 2. The monoisotopic (exact) mass is 309 g/mol. The first kappa shape index (κ1) is 14.7. The predicted octanol–water partition coefficient (Wildman–Crippen LogP) is 1.85. The lowest BCUT2D eigenvalue weighted by molar-refractivity contribution is -0.114. The van der Waals surface area contributed by atoms with Gasteiger partial charge in [-0.1, -0.05) is 12.1 Å². The first-order chi connectivity index (χ1) is 11.1. The van der Waals surface area contributed by atoms with Crippen molar-refractivity contribution in [1.29, 1.82) is 0 Å². The van der Waals surface area contributed by atoms with Crippen LogP contribution >= 0.6 is 0 Å². The molecule has 0 bridgehead atoms. The highest BCUT2D eigenvalue weighted by molar-refractivity contribution is 5.97. The van der Waals surface area contributed by atoms with Gasteiger partial charge in [0, 0.05) is 24.7 Å². The molecule has 0 fully saturated rings. The number of benzene rings is 2. The van der Waals surface area contributed by atoms with Crippen molar-refractivity contribution in [2.24, 2.45) is 0 Å². The molecule has 3 aromatic rings. The van der Waals surface area contributed by atoms with Crippen LogP contribution in [-0.2, 0) is 11.3 Å². The topological polar surface area (TPSA) is 99.8 Å². The molecule has 1 aromatic heterocycles. The average Bonchev–Trinajstić information content (AvgIpc) is 3.01. The molecule has 0 aliphatic carbocycles. The summed E-state index contributed by atoms with van der Waals surface area (Å²) in [6, 6.07) is 12.4. The Morgan fingerprint density at radius 3 is 2.52 bits per heavy atom. The molecule has 0 saturated carbocycles. The summed E-state index contributed by atoms with van der Waals surface area (Å²) in [6.07, 6.45) is 0. The van der Waals surface area contributed by atoms with E-state index in [1.807, 2.05) is 12.1 Å². The number of carbonyl (C=O) groups is 2. The van der Waals surface area contributed by atoms with Crippen LogP contribution < -0.4 is 10.6 Å². The Morgan fingerprint density at radius 2 is 1.78 bits per heavy atom. The van der Waals surface area contributed by atoms with Crippen LogP contribution in [0, 0.1) is 0 Å². The zero-order valence-electron chi connectivity index (χ0n) is 12.5. The first-order valence-electron chi connectivity index (χ1n) is 7.07. The van der Waals surface area contributed by atoms with Crippen LogP contribution in [0.2, 0.25) is 0 Å². The third-order valence-corrected chi connectivity index (χ3v) is 3.31. The minimum atomic E-state index is -0.180. The Balaban J connectivity index is 1.62. The number of nitrogens with zero attached hydrogens (tertiary/aromatic N) is 2. The summed E-state index contributed by atoms with van der Waals surface area (Å²) in [5, 5.41) is 16.0. The van der Waals surface area contributed by atoms with E-state index in [0.717, 1.165) is 16.8 Å². The van der Waals surface area contributed by atoms with Gasteiger partial charge in [0.2, 0.25) is 5.91 Å². The second-order valence-electron chi connectivity index (χ2n) is 5.09. The largest absolute Gasteiger partial charge is 0.348 e.